The van der Waals surface area contributed by atoms with Gasteiger partial charge in [0.1, 0.15) is 5.69 Å². The van der Waals surface area contributed by atoms with Crippen molar-refractivity contribution in [3.63, 3.8) is 0 Å². The van der Waals surface area contributed by atoms with Crippen LogP contribution in [0, 0.1) is 11.3 Å². The topological polar surface area (TPSA) is 100 Å². The van der Waals surface area contributed by atoms with Gasteiger partial charge in [0, 0.05) is 12.8 Å². The Bertz CT molecular complexity index is 325. The first-order chi connectivity index (χ1) is 5.75. The van der Waals surface area contributed by atoms with E-state index >= 15 is 0 Å². The summed E-state index contributed by atoms with van der Waals surface area (Å²) in [4.78, 5) is 10.4. The number of carboxylic acids is 1. The highest BCUT2D eigenvalue weighted by molar-refractivity contribution is 5.86. The molecular formula is C6H5N3O3. The van der Waals surface area contributed by atoms with Gasteiger partial charge in [0.2, 0.25) is 5.69 Å². The Morgan fingerprint density at radius 3 is 3.00 bits per heavy atom. The van der Waals surface area contributed by atoms with Crippen molar-refractivity contribution in [1.82, 2.24) is 10.3 Å². The first-order valence-electron chi connectivity index (χ1n) is 3.17. The predicted octanol–water partition coefficient (Wildman–Crippen LogP) is 0.224. The summed E-state index contributed by atoms with van der Waals surface area (Å²) in [5.74, 6) is -1.19. The van der Waals surface area contributed by atoms with Gasteiger partial charge in [0.15, 0.2) is 0 Å². The molecule has 1 N–H and O–H groups in total. The second-order valence-electron chi connectivity index (χ2n) is 2.02. The van der Waals surface area contributed by atoms with Crippen molar-refractivity contribution in [2.24, 2.45) is 0 Å². The molecule has 0 saturated heterocycles. The maximum absolute atomic E-state index is 10.4. The van der Waals surface area contributed by atoms with Crippen LogP contribution in [0.15, 0.2) is 4.63 Å². The van der Waals surface area contributed by atoms with Crippen LogP contribution in [-0.2, 0) is 6.42 Å². The van der Waals surface area contributed by atoms with Gasteiger partial charge in [-0.05, 0) is 5.16 Å². The number of aromatic carboxylic acids is 1. The Hall–Kier alpha value is -1.90. The van der Waals surface area contributed by atoms with Crippen LogP contribution in [0.4, 0.5) is 0 Å². The zero-order valence-electron chi connectivity index (χ0n) is 6.02. The molecule has 0 saturated carbocycles. The molecule has 0 amide bonds. The third-order valence-electron chi connectivity index (χ3n) is 1.23. The summed E-state index contributed by atoms with van der Waals surface area (Å²) in [6.45, 7) is 0. The Kier molecular flexibility index (Phi) is 2.38. The molecule has 0 aliphatic heterocycles. The van der Waals surface area contributed by atoms with E-state index in [2.05, 4.69) is 14.9 Å². The van der Waals surface area contributed by atoms with E-state index in [1.54, 1.807) is 0 Å². The first-order valence-corrected chi connectivity index (χ1v) is 3.17. The molecule has 0 fully saturated rings. The van der Waals surface area contributed by atoms with Crippen LogP contribution in [-0.4, -0.2) is 21.4 Å². The highest BCUT2D eigenvalue weighted by Crippen LogP contribution is 2.04. The van der Waals surface area contributed by atoms with Crippen molar-refractivity contribution >= 4 is 5.97 Å². The largest absolute Gasteiger partial charge is 0.476 e. The predicted molar refractivity (Wildman–Crippen MR) is 35.2 cm³/mol. The first kappa shape index (κ1) is 8.20. The molecule has 62 valence electrons. The Morgan fingerprint density at radius 1 is 1.67 bits per heavy atom. The lowest BCUT2D eigenvalue weighted by atomic mass is 10.2. The van der Waals surface area contributed by atoms with E-state index in [0.29, 0.717) is 0 Å². The Morgan fingerprint density at radius 2 is 2.42 bits per heavy atom. The van der Waals surface area contributed by atoms with Gasteiger partial charge in [0.05, 0.1) is 6.07 Å². The molecule has 0 spiro atoms. The average Bonchev–Trinajstić information content (AvgIpc) is 2.48. The summed E-state index contributed by atoms with van der Waals surface area (Å²) in [7, 11) is 0. The van der Waals surface area contributed by atoms with E-state index in [4.69, 9.17) is 10.4 Å². The van der Waals surface area contributed by atoms with E-state index in [9.17, 15) is 4.79 Å². The van der Waals surface area contributed by atoms with E-state index in [1.807, 2.05) is 6.07 Å². The maximum atomic E-state index is 10.4. The molecule has 0 unspecified atom stereocenters. The molecule has 1 aromatic heterocycles. The van der Waals surface area contributed by atoms with Crippen LogP contribution in [0.25, 0.3) is 0 Å². The molecule has 6 nitrogen and oxygen atoms in total. The van der Waals surface area contributed by atoms with Crippen molar-refractivity contribution in [2.45, 2.75) is 12.8 Å². The third kappa shape index (κ3) is 1.58. The van der Waals surface area contributed by atoms with E-state index in [0.717, 1.165) is 0 Å². The smallest absolute Gasteiger partial charge is 0.360 e. The van der Waals surface area contributed by atoms with Gasteiger partial charge in [0.25, 0.3) is 0 Å². The lowest BCUT2D eigenvalue weighted by molar-refractivity contribution is 0.0684. The van der Waals surface area contributed by atoms with Gasteiger partial charge in [-0.3, -0.25) is 0 Å². The van der Waals surface area contributed by atoms with Crippen LogP contribution in [0.3, 0.4) is 0 Å². The molecule has 1 heterocycles. The number of carboxylic acid groups (broad SMARTS) is 1. The number of rotatable bonds is 3. The molecule has 1 rings (SSSR count). The zero-order valence-corrected chi connectivity index (χ0v) is 6.02. The van der Waals surface area contributed by atoms with Crippen molar-refractivity contribution in [1.29, 1.82) is 5.26 Å². The average molecular weight is 167 g/mol. The van der Waals surface area contributed by atoms with Crippen LogP contribution < -0.4 is 0 Å². The van der Waals surface area contributed by atoms with Crippen LogP contribution in [0.1, 0.15) is 22.6 Å². The number of aromatic nitrogens is 2. The minimum Gasteiger partial charge on any atom is -0.476 e. The molecule has 0 radical (unpaired) electrons. The van der Waals surface area contributed by atoms with Gasteiger partial charge >= 0.3 is 5.97 Å². The highest BCUT2D eigenvalue weighted by atomic mass is 16.6. The second kappa shape index (κ2) is 3.48. The van der Waals surface area contributed by atoms with Gasteiger partial charge in [-0.25, -0.2) is 9.42 Å². The van der Waals surface area contributed by atoms with E-state index in [-0.39, 0.29) is 24.2 Å². The summed E-state index contributed by atoms with van der Waals surface area (Å²) >= 11 is 0. The summed E-state index contributed by atoms with van der Waals surface area (Å²) < 4.78 is 4.21. The molecule has 0 bridgehead atoms. The molecule has 0 aliphatic rings. The maximum Gasteiger partial charge on any atom is 0.360 e. The van der Waals surface area contributed by atoms with Crippen molar-refractivity contribution in [2.75, 3.05) is 0 Å². The van der Waals surface area contributed by atoms with Crippen LogP contribution in [0.5, 0.6) is 0 Å². The van der Waals surface area contributed by atoms with Crippen molar-refractivity contribution < 1.29 is 14.5 Å². The fourth-order valence-corrected chi connectivity index (χ4v) is 0.707. The normalized spacial score (nSPS) is 9.25. The van der Waals surface area contributed by atoms with Gasteiger partial charge < -0.3 is 5.11 Å². The van der Waals surface area contributed by atoms with E-state index < -0.39 is 5.97 Å². The molecule has 0 atom stereocenters. The molecular weight excluding hydrogens is 162 g/mol. The number of nitrogens with zero attached hydrogens (tertiary/aromatic N) is 3. The molecule has 12 heavy (non-hydrogen) atoms. The molecule has 6 heteroatoms. The molecule has 1 aromatic rings. The van der Waals surface area contributed by atoms with Gasteiger partial charge in [-0.15, -0.1) is 0 Å². The fraction of sp³-hybridized carbons (Fsp3) is 0.333. The van der Waals surface area contributed by atoms with Crippen LogP contribution >= 0.6 is 0 Å². The second-order valence-corrected chi connectivity index (χ2v) is 2.02. The molecule has 0 aliphatic carbocycles. The molecule has 0 aromatic carbocycles. The zero-order chi connectivity index (χ0) is 8.97. The third-order valence-corrected chi connectivity index (χ3v) is 1.23. The number of nitriles is 1. The number of carbonyl (C=O) groups is 1. The number of hydrogen-bond donors (Lipinski definition) is 1. The Balaban J connectivity index is 2.79. The van der Waals surface area contributed by atoms with Gasteiger partial charge in [-0.1, -0.05) is 5.16 Å². The van der Waals surface area contributed by atoms with Gasteiger partial charge in [-0.2, -0.15) is 5.26 Å². The minimum atomic E-state index is -1.19. The summed E-state index contributed by atoms with van der Waals surface area (Å²) in [5, 5.41) is 23.3. The summed E-state index contributed by atoms with van der Waals surface area (Å²) in [6, 6.07) is 1.87. The SMILES string of the molecule is N#CCCc1nonc1C(=O)O. The quantitative estimate of drug-likeness (QED) is 0.691. The standard InChI is InChI=1S/C6H5N3O3/c7-3-1-2-4-5(6(10)11)9-12-8-4/h1-2H2,(H,10,11). The fourth-order valence-electron chi connectivity index (χ4n) is 0.707. The minimum absolute atomic E-state index is 0.203. The summed E-state index contributed by atoms with van der Waals surface area (Å²) in [6.07, 6.45) is 0.454. The van der Waals surface area contributed by atoms with Crippen molar-refractivity contribution in [3.8, 4) is 6.07 Å². The number of hydrogen-bond acceptors (Lipinski definition) is 5. The summed E-state index contributed by atoms with van der Waals surface area (Å²) in [5.41, 5.74) is -0.00528. The van der Waals surface area contributed by atoms with Crippen LogP contribution in [0.2, 0.25) is 0 Å². The van der Waals surface area contributed by atoms with Crippen molar-refractivity contribution in [3.05, 3.63) is 11.4 Å². The lowest BCUT2D eigenvalue weighted by Crippen LogP contribution is -2.01. The monoisotopic (exact) mass is 167 g/mol. The van der Waals surface area contributed by atoms with E-state index in [1.165, 1.54) is 0 Å². The lowest BCUT2D eigenvalue weighted by Gasteiger charge is -1.87. The Labute approximate surface area is 67.4 Å². The number of aryl methyl sites for hydroxylation is 1. The highest BCUT2D eigenvalue weighted by Gasteiger charge is 2.15.